The van der Waals surface area contributed by atoms with Gasteiger partial charge >= 0.3 is 5.97 Å². The molecule has 8 heteroatoms. The molecule has 0 saturated heterocycles. The van der Waals surface area contributed by atoms with Crippen LogP contribution in [0.25, 0.3) is 0 Å². The molecule has 0 aliphatic rings. The van der Waals surface area contributed by atoms with Crippen molar-refractivity contribution in [3.05, 3.63) is 29.3 Å². The van der Waals surface area contributed by atoms with Crippen LogP contribution in [0.1, 0.15) is 18.1 Å². The first kappa shape index (κ1) is 17.5. The van der Waals surface area contributed by atoms with Gasteiger partial charge in [-0.05, 0) is 24.6 Å². The Morgan fingerprint density at radius 1 is 1.43 bits per heavy atom. The van der Waals surface area contributed by atoms with Crippen LogP contribution in [0, 0.1) is 6.92 Å². The molecule has 0 unspecified atom stereocenters. The van der Waals surface area contributed by atoms with Crippen molar-refractivity contribution in [2.45, 2.75) is 18.7 Å². The largest absolute Gasteiger partial charge is 0.468 e. The van der Waals surface area contributed by atoms with E-state index in [1.165, 1.54) is 13.2 Å². The first-order valence-electron chi connectivity index (χ1n) is 6.21. The first-order valence-corrected chi connectivity index (χ1v) is 8.06. The van der Waals surface area contributed by atoms with Gasteiger partial charge in [-0.2, -0.15) is 4.31 Å². The molecule has 6 nitrogen and oxygen atoms in total. The van der Waals surface area contributed by atoms with Gasteiger partial charge in [0, 0.05) is 12.1 Å². The van der Waals surface area contributed by atoms with Crippen LogP contribution in [0.3, 0.4) is 0 Å². The van der Waals surface area contributed by atoms with E-state index in [-0.39, 0.29) is 23.0 Å². The van der Waals surface area contributed by atoms with Crippen molar-refractivity contribution in [2.75, 3.05) is 20.2 Å². The lowest BCUT2D eigenvalue weighted by Gasteiger charge is -2.20. The Labute approximate surface area is 129 Å². The third-order valence-electron chi connectivity index (χ3n) is 2.96. The van der Waals surface area contributed by atoms with E-state index in [9.17, 15) is 13.2 Å². The summed E-state index contributed by atoms with van der Waals surface area (Å²) in [6.07, 6.45) is 0. The van der Waals surface area contributed by atoms with Crippen molar-refractivity contribution >= 4 is 33.2 Å². The molecule has 21 heavy (non-hydrogen) atoms. The third-order valence-corrected chi connectivity index (χ3v) is 5.28. The molecule has 0 bridgehead atoms. The Kier molecular flexibility index (Phi) is 5.82. The SMILES string of the molecule is CCN(CC(=O)OC)S(=O)(=O)c1ccc(C(N)=S)cc1C. The molecule has 1 aromatic rings. The molecule has 0 aromatic heterocycles. The Morgan fingerprint density at radius 2 is 2.05 bits per heavy atom. The number of aryl methyl sites for hydroxylation is 1. The number of hydrogen-bond donors (Lipinski definition) is 1. The van der Waals surface area contributed by atoms with Gasteiger partial charge in [-0.1, -0.05) is 25.2 Å². The van der Waals surface area contributed by atoms with Gasteiger partial charge in [0.15, 0.2) is 0 Å². The van der Waals surface area contributed by atoms with E-state index in [1.807, 2.05) is 0 Å². The van der Waals surface area contributed by atoms with Gasteiger partial charge in [-0.3, -0.25) is 4.79 Å². The summed E-state index contributed by atoms with van der Waals surface area (Å²) < 4.78 is 30.7. The van der Waals surface area contributed by atoms with E-state index < -0.39 is 16.0 Å². The normalized spacial score (nSPS) is 11.4. The number of thiocarbonyl (C=S) groups is 1. The van der Waals surface area contributed by atoms with Crippen molar-refractivity contribution in [2.24, 2.45) is 5.73 Å². The monoisotopic (exact) mass is 330 g/mol. The standard InChI is InChI=1S/C13H18N2O4S2/c1-4-15(8-12(16)19-3)21(17,18)11-6-5-10(13(14)20)7-9(11)2/h5-7H,4,8H2,1-3H3,(H2,14,20). The van der Waals surface area contributed by atoms with Crippen LogP contribution in [0.15, 0.2) is 23.1 Å². The van der Waals surface area contributed by atoms with Crippen LogP contribution in [0.4, 0.5) is 0 Å². The molecule has 116 valence electrons. The molecule has 0 spiro atoms. The summed E-state index contributed by atoms with van der Waals surface area (Å²) in [6.45, 7) is 3.14. The summed E-state index contributed by atoms with van der Waals surface area (Å²) in [5, 5.41) is 0. The van der Waals surface area contributed by atoms with Crippen LogP contribution in [0.2, 0.25) is 0 Å². The van der Waals surface area contributed by atoms with Gasteiger partial charge in [0.2, 0.25) is 10.0 Å². The lowest BCUT2D eigenvalue weighted by atomic mass is 10.1. The van der Waals surface area contributed by atoms with Gasteiger partial charge in [0.1, 0.15) is 11.5 Å². The highest BCUT2D eigenvalue weighted by Gasteiger charge is 2.27. The number of likely N-dealkylation sites (N-methyl/N-ethyl adjacent to an activating group) is 1. The summed E-state index contributed by atoms with van der Waals surface area (Å²) in [5.74, 6) is -0.613. The Hall–Kier alpha value is -1.51. The molecule has 0 amide bonds. The van der Waals surface area contributed by atoms with E-state index in [0.717, 1.165) is 4.31 Å². The lowest BCUT2D eigenvalue weighted by Crippen LogP contribution is -2.36. The minimum atomic E-state index is -3.78. The highest BCUT2D eigenvalue weighted by atomic mass is 32.2. The molecule has 1 rings (SSSR count). The summed E-state index contributed by atoms with van der Waals surface area (Å²) in [4.78, 5) is 11.6. The lowest BCUT2D eigenvalue weighted by molar-refractivity contribution is -0.140. The number of carbonyl (C=O) groups excluding carboxylic acids is 1. The molecule has 0 fully saturated rings. The van der Waals surface area contributed by atoms with E-state index >= 15 is 0 Å². The number of ether oxygens (including phenoxy) is 1. The quantitative estimate of drug-likeness (QED) is 0.613. The topological polar surface area (TPSA) is 89.7 Å². The average Bonchev–Trinajstić information content (AvgIpc) is 2.43. The van der Waals surface area contributed by atoms with Gasteiger partial charge in [0.05, 0.1) is 12.0 Å². The Balaban J connectivity index is 3.23. The number of nitrogens with two attached hydrogens (primary N) is 1. The maximum Gasteiger partial charge on any atom is 0.321 e. The molecule has 0 atom stereocenters. The number of esters is 1. The molecule has 0 aliphatic carbocycles. The highest BCUT2D eigenvalue weighted by molar-refractivity contribution is 7.89. The fraction of sp³-hybridized carbons (Fsp3) is 0.385. The molecule has 0 aliphatic heterocycles. The number of nitrogens with zero attached hydrogens (tertiary/aromatic N) is 1. The average molecular weight is 330 g/mol. The maximum absolute atomic E-state index is 12.6. The van der Waals surface area contributed by atoms with Crippen molar-refractivity contribution in [1.82, 2.24) is 4.31 Å². The van der Waals surface area contributed by atoms with E-state index in [4.69, 9.17) is 18.0 Å². The number of benzene rings is 1. The molecular weight excluding hydrogens is 312 g/mol. The van der Waals surface area contributed by atoms with Crippen LogP contribution >= 0.6 is 12.2 Å². The summed E-state index contributed by atoms with van der Waals surface area (Å²) in [6, 6.07) is 4.61. The molecule has 0 saturated carbocycles. The number of rotatable bonds is 6. The number of carbonyl (C=O) groups is 1. The second-order valence-corrected chi connectivity index (χ2v) is 6.70. The first-order chi connectivity index (χ1) is 9.73. The highest BCUT2D eigenvalue weighted by Crippen LogP contribution is 2.21. The van der Waals surface area contributed by atoms with E-state index in [2.05, 4.69) is 4.74 Å². The predicted molar refractivity (Wildman–Crippen MR) is 83.5 cm³/mol. The van der Waals surface area contributed by atoms with E-state index in [0.29, 0.717) is 11.1 Å². The maximum atomic E-state index is 12.6. The Bertz CT molecular complexity index is 656. The van der Waals surface area contributed by atoms with Crippen molar-refractivity contribution in [3.63, 3.8) is 0 Å². The third kappa shape index (κ3) is 3.99. The minimum absolute atomic E-state index is 0.119. The fourth-order valence-electron chi connectivity index (χ4n) is 1.81. The molecule has 0 radical (unpaired) electrons. The van der Waals surface area contributed by atoms with Gasteiger partial charge in [0.25, 0.3) is 0 Å². The van der Waals surface area contributed by atoms with Gasteiger partial charge in [-0.15, -0.1) is 0 Å². The number of sulfonamides is 1. The second kappa shape index (κ2) is 6.97. The van der Waals surface area contributed by atoms with Gasteiger partial charge in [-0.25, -0.2) is 8.42 Å². The van der Waals surface area contributed by atoms with Crippen LogP contribution in [-0.2, 0) is 19.6 Å². The number of methoxy groups -OCH3 is 1. The zero-order valence-corrected chi connectivity index (χ0v) is 13.8. The summed E-state index contributed by atoms with van der Waals surface area (Å²) in [7, 11) is -2.57. The molecule has 0 heterocycles. The van der Waals surface area contributed by atoms with Gasteiger partial charge < -0.3 is 10.5 Å². The second-order valence-electron chi connectivity index (χ2n) is 4.35. The molecule has 2 N–H and O–H groups in total. The fourth-order valence-corrected chi connectivity index (χ4v) is 3.53. The zero-order chi connectivity index (χ0) is 16.2. The van der Waals surface area contributed by atoms with Crippen molar-refractivity contribution < 1.29 is 17.9 Å². The van der Waals surface area contributed by atoms with Crippen LogP contribution in [-0.4, -0.2) is 43.9 Å². The smallest absolute Gasteiger partial charge is 0.321 e. The molecule has 1 aromatic carbocycles. The predicted octanol–water partition coefficient (Wildman–Crippen LogP) is 0.813. The summed E-state index contributed by atoms with van der Waals surface area (Å²) >= 11 is 4.86. The zero-order valence-electron chi connectivity index (χ0n) is 12.1. The van der Waals surface area contributed by atoms with E-state index in [1.54, 1.807) is 26.0 Å². The number of hydrogen-bond acceptors (Lipinski definition) is 5. The Morgan fingerprint density at radius 3 is 2.48 bits per heavy atom. The minimum Gasteiger partial charge on any atom is -0.468 e. The van der Waals surface area contributed by atoms with Crippen LogP contribution < -0.4 is 5.73 Å². The summed E-state index contributed by atoms with van der Waals surface area (Å²) in [5.41, 5.74) is 6.63. The van der Waals surface area contributed by atoms with Crippen molar-refractivity contribution in [1.29, 1.82) is 0 Å². The van der Waals surface area contributed by atoms with Crippen molar-refractivity contribution in [3.8, 4) is 0 Å². The molecular formula is C13H18N2O4S2. The van der Waals surface area contributed by atoms with Crippen LogP contribution in [0.5, 0.6) is 0 Å².